The van der Waals surface area contributed by atoms with Gasteiger partial charge in [0.2, 0.25) is 0 Å². The highest BCUT2D eigenvalue weighted by molar-refractivity contribution is 5.52. The molecule has 1 rings (SSSR count). The highest BCUT2D eigenvalue weighted by Crippen LogP contribution is 2.16. The minimum atomic E-state index is -0.354. The van der Waals surface area contributed by atoms with Crippen molar-refractivity contribution in [3.63, 3.8) is 0 Å². The van der Waals surface area contributed by atoms with E-state index in [-0.39, 0.29) is 12.1 Å². The zero-order valence-corrected chi connectivity index (χ0v) is 8.41. The topological polar surface area (TPSA) is 83.2 Å². The number of hydrogen-bond donors (Lipinski definition) is 4. The third-order valence-electron chi connectivity index (χ3n) is 1.79. The second-order valence-corrected chi connectivity index (χ2v) is 3.74. The van der Waals surface area contributed by atoms with Crippen LogP contribution in [0.5, 0.6) is 0 Å². The summed E-state index contributed by atoms with van der Waals surface area (Å²) in [7, 11) is 0. The standard InChI is InChI=1S/C9H16N4O/c1-9(2,6-14)12-7-3-4-11-8(5-7)13-10/h3-5,14H,6,10H2,1-2H3,(H2,11,12,13). The molecule has 0 spiro atoms. The van der Waals surface area contributed by atoms with E-state index in [0.717, 1.165) is 5.69 Å². The number of anilines is 2. The summed E-state index contributed by atoms with van der Waals surface area (Å²) in [6, 6.07) is 3.59. The summed E-state index contributed by atoms with van der Waals surface area (Å²) in [5.41, 5.74) is 2.97. The molecule has 5 nitrogen and oxygen atoms in total. The van der Waals surface area contributed by atoms with E-state index in [1.54, 1.807) is 12.3 Å². The molecular weight excluding hydrogens is 180 g/mol. The molecule has 0 aliphatic carbocycles. The van der Waals surface area contributed by atoms with E-state index in [1.807, 2.05) is 19.9 Å². The smallest absolute Gasteiger partial charge is 0.141 e. The van der Waals surface area contributed by atoms with Gasteiger partial charge in [-0.2, -0.15) is 0 Å². The first-order chi connectivity index (χ1) is 6.57. The molecule has 78 valence electrons. The predicted molar refractivity (Wildman–Crippen MR) is 56.8 cm³/mol. The van der Waals surface area contributed by atoms with E-state index < -0.39 is 0 Å². The van der Waals surface area contributed by atoms with Crippen LogP contribution in [0.25, 0.3) is 0 Å². The molecule has 14 heavy (non-hydrogen) atoms. The van der Waals surface area contributed by atoms with Crippen molar-refractivity contribution in [2.75, 3.05) is 17.3 Å². The van der Waals surface area contributed by atoms with Gasteiger partial charge in [-0.1, -0.05) is 0 Å². The van der Waals surface area contributed by atoms with Gasteiger partial charge >= 0.3 is 0 Å². The molecule has 0 aliphatic heterocycles. The van der Waals surface area contributed by atoms with Crippen LogP contribution in [0, 0.1) is 0 Å². The molecule has 0 saturated carbocycles. The molecule has 1 heterocycles. The number of nitrogens with two attached hydrogens (primary N) is 1. The lowest BCUT2D eigenvalue weighted by molar-refractivity contribution is 0.234. The van der Waals surface area contributed by atoms with Gasteiger partial charge in [0, 0.05) is 18.0 Å². The van der Waals surface area contributed by atoms with Gasteiger partial charge in [0.25, 0.3) is 0 Å². The van der Waals surface area contributed by atoms with Crippen LogP contribution >= 0.6 is 0 Å². The molecule has 0 amide bonds. The van der Waals surface area contributed by atoms with Gasteiger partial charge in [-0.3, -0.25) is 0 Å². The average Bonchev–Trinajstić information content (AvgIpc) is 2.17. The number of aliphatic hydroxyl groups is 1. The molecule has 0 atom stereocenters. The minimum Gasteiger partial charge on any atom is -0.394 e. The maximum Gasteiger partial charge on any atom is 0.141 e. The van der Waals surface area contributed by atoms with E-state index in [1.165, 1.54) is 0 Å². The van der Waals surface area contributed by atoms with E-state index in [2.05, 4.69) is 15.7 Å². The average molecular weight is 196 g/mol. The molecule has 0 radical (unpaired) electrons. The van der Waals surface area contributed by atoms with Crippen LogP contribution in [0.2, 0.25) is 0 Å². The Balaban J connectivity index is 2.76. The van der Waals surface area contributed by atoms with Gasteiger partial charge in [0.15, 0.2) is 0 Å². The van der Waals surface area contributed by atoms with Crippen molar-refractivity contribution >= 4 is 11.5 Å². The monoisotopic (exact) mass is 196 g/mol. The number of hydrogen-bond acceptors (Lipinski definition) is 5. The Labute approximate surface area is 83.3 Å². The first-order valence-electron chi connectivity index (χ1n) is 4.39. The van der Waals surface area contributed by atoms with Gasteiger partial charge in [-0.25, -0.2) is 10.8 Å². The Morgan fingerprint density at radius 2 is 2.29 bits per heavy atom. The number of aliphatic hydroxyl groups excluding tert-OH is 1. The van der Waals surface area contributed by atoms with E-state index in [9.17, 15) is 0 Å². The Bertz CT molecular complexity index is 301. The SMILES string of the molecule is CC(C)(CO)Nc1ccnc(NN)c1. The summed E-state index contributed by atoms with van der Waals surface area (Å²) in [5, 5.41) is 12.2. The molecule has 5 heteroatoms. The van der Waals surface area contributed by atoms with Crippen LogP contribution in [0.1, 0.15) is 13.8 Å². The van der Waals surface area contributed by atoms with Gasteiger partial charge < -0.3 is 15.8 Å². The first kappa shape index (κ1) is 10.7. The Morgan fingerprint density at radius 3 is 2.86 bits per heavy atom. The van der Waals surface area contributed by atoms with Crippen molar-refractivity contribution in [1.29, 1.82) is 0 Å². The van der Waals surface area contributed by atoms with Gasteiger partial charge in [-0.15, -0.1) is 0 Å². The van der Waals surface area contributed by atoms with Crippen LogP contribution in [0.15, 0.2) is 18.3 Å². The third kappa shape index (κ3) is 2.86. The fourth-order valence-corrected chi connectivity index (χ4v) is 1.02. The lowest BCUT2D eigenvalue weighted by Gasteiger charge is -2.24. The molecule has 0 saturated heterocycles. The van der Waals surface area contributed by atoms with Crippen molar-refractivity contribution in [2.45, 2.75) is 19.4 Å². The van der Waals surface area contributed by atoms with Crippen molar-refractivity contribution in [1.82, 2.24) is 4.98 Å². The summed E-state index contributed by atoms with van der Waals surface area (Å²) in [5.74, 6) is 5.81. The van der Waals surface area contributed by atoms with Crippen molar-refractivity contribution in [3.05, 3.63) is 18.3 Å². The van der Waals surface area contributed by atoms with Gasteiger partial charge in [-0.05, 0) is 19.9 Å². The zero-order chi connectivity index (χ0) is 10.6. The van der Waals surface area contributed by atoms with E-state index in [4.69, 9.17) is 10.9 Å². The number of nitrogen functional groups attached to an aromatic ring is 1. The molecule has 0 fully saturated rings. The maximum absolute atomic E-state index is 9.06. The Kier molecular flexibility index (Phi) is 3.27. The van der Waals surface area contributed by atoms with Crippen LogP contribution in [-0.2, 0) is 0 Å². The lowest BCUT2D eigenvalue weighted by atomic mass is 10.1. The number of hydrazine groups is 1. The number of nitrogens with one attached hydrogen (secondary N) is 2. The van der Waals surface area contributed by atoms with Crippen molar-refractivity contribution in [2.24, 2.45) is 5.84 Å². The summed E-state index contributed by atoms with van der Waals surface area (Å²) >= 11 is 0. The molecule has 0 aromatic carbocycles. The van der Waals surface area contributed by atoms with Crippen LogP contribution in [0.3, 0.4) is 0 Å². The van der Waals surface area contributed by atoms with Crippen molar-refractivity contribution in [3.8, 4) is 0 Å². The number of pyridine rings is 1. The largest absolute Gasteiger partial charge is 0.394 e. The second kappa shape index (κ2) is 4.26. The molecular formula is C9H16N4O. The molecule has 1 aromatic heterocycles. The minimum absolute atomic E-state index is 0.0563. The highest BCUT2D eigenvalue weighted by Gasteiger charge is 2.15. The summed E-state index contributed by atoms with van der Waals surface area (Å²) in [6.45, 7) is 3.87. The summed E-state index contributed by atoms with van der Waals surface area (Å²) < 4.78 is 0. The van der Waals surface area contributed by atoms with Gasteiger partial charge in [0.05, 0.1) is 12.1 Å². The number of aromatic nitrogens is 1. The second-order valence-electron chi connectivity index (χ2n) is 3.74. The normalized spacial score (nSPS) is 11.1. The van der Waals surface area contributed by atoms with Crippen LogP contribution in [-0.4, -0.2) is 22.2 Å². The molecule has 1 aromatic rings. The highest BCUT2D eigenvalue weighted by atomic mass is 16.3. The molecule has 0 aliphatic rings. The zero-order valence-electron chi connectivity index (χ0n) is 8.41. The molecule has 5 N–H and O–H groups in total. The van der Waals surface area contributed by atoms with E-state index >= 15 is 0 Å². The molecule has 0 unspecified atom stereocenters. The fraction of sp³-hybridized carbons (Fsp3) is 0.444. The predicted octanol–water partition coefficient (Wildman–Crippen LogP) is 0.550. The first-order valence-corrected chi connectivity index (χ1v) is 4.39. The Hall–Kier alpha value is -1.33. The number of rotatable bonds is 4. The quantitative estimate of drug-likeness (QED) is 0.417. The van der Waals surface area contributed by atoms with E-state index in [0.29, 0.717) is 5.82 Å². The van der Waals surface area contributed by atoms with Gasteiger partial charge in [0.1, 0.15) is 5.82 Å². The van der Waals surface area contributed by atoms with Crippen molar-refractivity contribution < 1.29 is 5.11 Å². The maximum atomic E-state index is 9.06. The van der Waals surface area contributed by atoms with Crippen LogP contribution in [0.4, 0.5) is 11.5 Å². The van der Waals surface area contributed by atoms with Crippen LogP contribution < -0.4 is 16.6 Å². The molecule has 0 bridgehead atoms. The number of nitrogens with zero attached hydrogens (tertiary/aromatic N) is 1. The third-order valence-corrected chi connectivity index (χ3v) is 1.79. The summed E-state index contributed by atoms with van der Waals surface area (Å²) in [6.07, 6.45) is 1.64. The summed E-state index contributed by atoms with van der Waals surface area (Å²) in [4.78, 5) is 3.98. The lowest BCUT2D eigenvalue weighted by Crippen LogP contribution is -2.34. The fourth-order valence-electron chi connectivity index (χ4n) is 1.02. The Morgan fingerprint density at radius 1 is 1.57 bits per heavy atom.